The molecular weight excluding hydrogens is 472 g/mol. The molecule has 2 bridgehead atoms. The third kappa shape index (κ3) is 3.23. The molecule has 1 spiro atoms. The highest BCUT2D eigenvalue weighted by Crippen LogP contribution is 2.67. The van der Waals surface area contributed by atoms with Gasteiger partial charge in [-0.15, -0.1) is 18.3 Å². The van der Waals surface area contributed by atoms with Gasteiger partial charge in [0, 0.05) is 29.2 Å². The maximum absolute atomic E-state index is 14.0. The number of rotatable bonds is 7. The number of fused-ring (bicyclic) bond motifs is 1. The molecule has 4 aliphatic rings. The summed E-state index contributed by atoms with van der Waals surface area (Å²) in [6.45, 7) is 4.03. The Hall–Kier alpha value is -1.06. The molecule has 3 heterocycles. The molecule has 0 aromatic carbocycles. The zero-order valence-corrected chi connectivity index (χ0v) is 19.3. The minimum absolute atomic E-state index is 0.0462. The highest BCUT2D eigenvalue weighted by Gasteiger charge is 2.76. The number of nitrogens with zero attached hydrogens (tertiary/aromatic N) is 2. The number of β-amino-alcohol motifs (C(OH)–C–C–N with tert-alkyl or cyclic N) is 1. The molecule has 3 unspecified atom stereocenters. The fraction of sp³-hybridized carbons (Fsp3) is 0.762. The summed E-state index contributed by atoms with van der Waals surface area (Å²) in [5, 5.41) is 19.3. The Kier molecular flexibility index (Phi) is 6.25. The molecule has 4 rings (SSSR count). The van der Waals surface area contributed by atoms with Crippen molar-refractivity contribution in [3.8, 4) is 0 Å². The summed E-state index contributed by atoms with van der Waals surface area (Å²) in [6.07, 6.45) is 7.49. The fourth-order valence-electron chi connectivity index (χ4n) is 6.15. The number of amides is 2. The molecule has 9 heteroatoms. The number of aliphatic hydroxyl groups excluding tert-OH is 1. The van der Waals surface area contributed by atoms with Crippen molar-refractivity contribution in [1.29, 1.82) is 0 Å². The molecule has 1 saturated carbocycles. The summed E-state index contributed by atoms with van der Waals surface area (Å²) in [5.74, 6) is -2.95. The van der Waals surface area contributed by atoms with Crippen molar-refractivity contribution < 1.29 is 24.6 Å². The maximum atomic E-state index is 14.0. The van der Waals surface area contributed by atoms with Crippen LogP contribution in [0.3, 0.4) is 0 Å². The predicted octanol–water partition coefficient (Wildman–Crippen LogP) is 1.88. The molecule has 4 fully saturated rings. The SMILES string of the molecule is C=CCN(C(=O)C1N(CCO)C(=O)[C@@H]2[C@@H](C(=O)O)[C@@H]3SC12CC3Br)C1CCCCC1. The number of hydrogen-bond acceptors (Lipinski definition) is 5. The lowest BCUT2D eigenvalue weighted by molar-refractivity contribution is -0.148. The van der Waals surface area contributed by atoms with Crippen LogP contribution >= 0.6 is 27.7 Å². The van der Waals surface area contributed by atoms with Gasteiger partial charge in [0.2, 0.25) is 11.8 Å². The number of likely N-dealkylation sites (tertiary alicyclic amines) is 1. The number of carbonyl (C=O) groups is 3. The molecule has 2 amide bonds. The third-order valence-corrected chi connectivity index (χ3v) is 10.5. The van der Waals surface area contributed by atoms with E-state index in [0.29, 0.717) is 13.0 Å². The molecule has 0 aromatic rings. The second-order valence-electron chi connectivity index (χ2n) is 8.83. The Balaban J connectivity index is 1.74. The van der Waals surface area contributed by atoms with Gasteiger partial charge in [0.25, 0.3) is 0 Å². The van der Waals surface area contributed by atoms with Gasteiger partial charge < -0.3 is 20.0 Å². The van der Waals surface area contributed by atoms with Crippen LogP contribution in [-0.2, 0) is 14.4 Å². The zero-order valence-electron chi connectivity index (χ0n) is 16.9. The van der Waals surface area contributed by atoms with Crippen molar-refractivity contribution in [3.05, 3.63) is 12.7 Å². The Morgan fingerprint density at radius 1 is 1.33 bits per heavy atom. The van der Waals surface area contributed by atoms with Crippen molar-refractivity contribution in [3.63, 3.8) is 0 Å². The Labute approximate surface area is 189 Å². The second-order valence-corrected chi connectivity index (χ2v) is 11.5. The van der Waals surface area contributed by atoms with E-state index in [1.54, 1.807) is 6.08 Å². The van der Waals surface area contributed by atoms with Gasteiger partial charge in [-0.2, -0.15) is 0 Å². The van der Waals surface area contributed by atoms with Gasteiger partial charge in [0.05, 0.1) is 23.2 Å². The highest BCUT2D eigenvalue weighted by molar-refractivity contribution is 9.09. The van der Waals surface area contributed by atoms with Crippen LogP contribution in [0.5, 0.6) is 0 Å². The Morgan fingerprint density at radius 2 is 2.03 bits per heavy atom. The largest absolute Gasteiger partial charge is 0.481 e. The average Bonchev–Trinajstić information content (AvgIpc) is 3.31. The minimum Gasteiger partial charge on any atom is -0.481 e. The number of aliphatic hydroxyl groups is 1. The Morgan fingerprint density at radius 3 is 2.63 bits per heavy atom. The Bertz CT molecular complexity index is 745. The van der Waals surface area contributed by atoms with E-state index in [4.69, 9.17) is 0 Å². The summed E-state index contributed by atoms with van der Waals surface area (Å²) in [4.78, 5) is 42.7. The van der Waals surface area contributed by atoms with Crippen LogP contribution in [0.15, 0.2) is 12.7 Å². The van der Waals surface area contributed by atoms with Crippen LogP contribution in [0.1, 0.15) is 38.5 Å². The molecule has 2 N–H and O–H groups in total. The van der Waals surface area contributed by atoms with Gasteiger partial charge in [-0.25, -0.2) is 0 Å². The molecule has 30 heavy (non-hydrogen) atoms. The van der Waals surface area contributed by atoms with Gasteiger partial charge in [0.1, 0.15) is 6.04 Å². The standard InChI is InChI=1S/C21H29BrN2O5S/c1-2-8-23(12-6-4-3-5-7-12)19(27)17-21-11-13(22)16(30-21)14(20(28)29)15(21)18(26)24(17)9-10-25/h2,12-17,25H,1,3-11H2,(H,28,29)/t13?,14-,15+,16-,17?,21?/m1/s1. The molecule has 1 aliphatic carbocycles. The summed E-state index contributed by atoms with van der Waals surface area (Å²) in [6, 6.07) is -0.632. The third-order valence-electron chi connectivity index (χ3n) is 7.27. The number of carboxylic acids is 1. The lowest BCUT2D eigenvalue weighted by Gasteiger charge is -2.41. The van der Waals surface area contributed by atoms with E-state index in [1.807, 2.05) is 4.90 Å². The minimum atomic E-state index is -0.982. The van der Waals surface area contributed by atoms with E-state index in [2.05, 4.69) is 22.5 Å². The summed E-state index contributed by atoms with van der Waals surface area (Å²) in [5.41, 5.74) is 0. The normalized spacial score (nSPS) is 38.0. The van der Waals surface area contributed by atoms with Crippen LogP contribution in [0, 0.1) is 11.8 Å². The first kappa shape index (κ1) is 22.1. The lowest BCUT2D eigenvalue weighted by atomic mass is 9.71. The molecule has 6 atom stereocenters. The van der Waals surface area contributed by atoms with Gasteiger partial charge in [-0.3, -0.25) is 14.4 Å². The first-order chi connectivity index (χ1) is 14.4. The van der Waals surface area contributed by atoms with Crippen molar-refractivity contribution in [1.82, 2.24) is 9.80 Å². The zero-order chi connectivity index (χ0) is 21.6. The summed E-state index contributed by atoms with van der Waals surface area (Å²) >= 11 is 5.13. The molecule has 3 aliphatic heterocycles. The van der Waals surface area contributed by atoms with Crippen molar-refractivity contribution >= 4 is 45.5 Å². The molecule has 166 valence electrons. The first-order valence-corrected chi connectivity index (χ1v) is 12.5. The monoisotopic (exact) mass is 500 g/mol. The topological polar surface area (TPSA) is 98.2 Å². The first-order valence-electron chi connectivity index (χ1n) is 10.7. The van der Waals surface area contributed by atoms with Gasteiger partial charge >= 0.3 is 5.97 Å². The quantitative estimate of drug-likeness (QED) is 0.409. The van der Waals surface area contributed by atoms with E-state index in [-0.39, 0.29) is 41.1 Å². The summed E-state index contributed by atoms with van der Waals surface area (Å²) in [7, 11) is 0. The van der Waals surface area contributed by atoms with Crippen molar-refractivity contribution in [2.75, 3.05) is 19.7 Å². The van der Waals surface area contributed by atoms with Crippen LogP contribution in [-0.4, -0.2) is 84.4 Å². The maximum Gasteiger partial charge on any atom is 0.308 e. The van der Waals surface area contributed by atoms with Gasteiger partial charge in [0.15, 0.2) is 0 Å². The number of hydrogen-bond donors (Lipinski definition) is 2. The van der Waals surface area contributed by atoms with Crippen LogP contribution in [0.25, 0.3) is 0 Å². The van der Waals surface area contributed by atoms with E-state index >= 15 is 0 Å². The van der Waals surface area contributed by atoms with E-state index in [0.717, 1.165) is 25.7 Å². The number of aliphatic carboxylic acids is 1. The van der Waals surface area contributed by atoms with Crippen LogP contribution < -0.4 is 0 Å². The van der Waals surface area contributed by atoms with Crippen LogP contribution in [0.4, 0.5) is 0 Å². The number of halogens is 1. The van der Waals surface area contributed by atoms with Gasteiger partial charge in [-0.1, -0.05) is 41.3 Å². The van der Waals surface area contributed by atoms with Crippen molar-refractivity contribution in [2.45, 2.75) is 65.4 Å². The smallest absolute Gasteiger partial charge is 0.308 e. The summed E-state index contributed by atoms with van der Waals surface area (Å²) < 4.78 is -0.765. The fourth-order valence-corrected chi connectivity index (χ4v) is 9.75. The van der Waals surface area contributed by atoms with Crippen LogP contribution in [0.2, 0.25) is 0 Å². The predicted molar refractivity (Wildman–Crippen MR) is 117 cm³/mol. The molecule has 0 aromatic heterocycles. The number of alkyl halides is 1. The number of thioether (sulfide) groups is 1. The highest BCUT2D eigenvalue weighted by atomic mass is 79.9. The van der Waals surface area contributed by atoms with E-state index in [9.17, 15) is 24.6 Å². The number of carboxylic acid groups (broad SMARTS) is 1. The lowest BCUT2D eigenvalue weighted by Crippen LogP contribution is -2.57. The molecule has 0 radical (unpaired) electrons. The van der Waals surface area contributed by atoms with Crippen molar-refractivity contribution in [2.24, 2.45) is 11.8 Å². The van der Waals surface area contributed by atoms with E-state index in [1.165, 1.54) is 23.1 Å². The molecule has 7 nitrogen and oxygen atoms in total. The van der Waals surface area contributed by atoms with Gasteiger partial charge in [-0.05, 0) is 19.3 Å². The molecule has 3 saturated heterocycles. The molecular formula is C21H29BrN2O5S. The second kappa shape index (κ2) is 8.47. The average molecular weight is 501 g/mol. The number of carbonyl (C=O) groups excluding carboxylic acids is 2. The van der Waals surface area contributed by atoms with E-state index < -0.39 is 28.6 Å².